The number of morpholine rings is 1. The minimum Gasteiger partial charge on any atom is -0.507 e. The van der Waals surface area contributed by atoms with Crippen LogP contribution in [0.1, 0.15) is 29.5 Å². The topological polar surface area (TPSA) is 84.4 Å². The van der Waals surface area contributed by atoms with Crippen LogP contribution in [0.3, 0.4) is 0 Å². The van der Waals surface area contributed by atoms with E-state index in [2.05, 4.69) is 0 Å². The van der Waals surface area contributed by atoms with Crippen LogP contribution >= 0.6 is 0 Å². The molecular formula is C23H26FN2O5+. The lowest BCUT2D eigenvalue weighted by Gasteiger charge is -2.26. The molecule has 2 N–H and O–H groups in total. The molecule has 1 atom stereocenters. The summed E-state index contributed by atoms with van der Waals surface area (Å²) in [5.41, 5.74) is 0.232. The van der Waals surface area contributed by atoms with Gasteiger partial charge in [0.05, 0.1) is 25.3 Å². The lowest BCUT2D eigenvalue weighted by atomic mass is 9.99. The van der Waals surface area contributed by atoms with Gasteiger partial charge in [0, 0.05) is 18.5 Å². The van der Waals surface area contributed by atoms with Crippen LogP contribution in [0.2, 0.25) is 0 Å². The number of hydrogen-bond donors (Lipinski definition) is 2. The zero-order valence-corrected chi connectivity index (χ0v) is 17.4. The Hall–Kier alpha value is -2.97. The average Bonchev–Trinajstić information content (AvgIpc) is 3.30. The zero-order chi connectivity index (χ0) is 22.0. The molecule has 1 amide bonds. The first-order valence-corrected chi connectivity index (χ1v) is 10.5. The molecule has 164 valence electrons. The second-order valence-corrected chi connectivity index (χ2v) is 7.91. The second kappa shape index (κ2) is 9.03. The standard InChI is InChI=1S/C23H25FN2O5/c1-15-3-8-18(31-15)20-19(21(27)16-4-6-17(24)7-5-16)22(28)23(29)26(20)10-2-9-25-11-13-30-14-12-25/h3-8,20,27H,2,9-14H2,1H3/p+1. The molecule has 2 fully saturated rings. The van der Waals surface area contributed by atoms with Gasteiger partial charge >= 0.3 is 0 Å². The summed E-state index contributed by atoms with van der Waals surface area (Å²) in [5, 5.41) is 10.9. The Labute approximate surface area is 179 Å². The number of aliphatic hydroxyl groups excluding tert-OH is 1. The lowest BCUT2D eigenvalue weighted by molar-refractivity contribution is -0.908. The first-order chi connectivity index (χ1) is 15.0. The van der Waals surface area contributed by atoms with Crippen molar-refractivity contribution in [2.75, 3.05) is 39.4 Å². The zero-order valence-electron chi connectivity index (χ0n) is 17.4. The van der Waals surface area contributed by atoms with Gasteiger partial charge < -0.3 is 24.1 Å². The molecule has 4 rings (SSSR count). The number of carbonyl (C=O) groups excluding carboxylic acids is 2. The number of quaternary nitrogens is 1. The third kappa shape index (κ3) is 4.40. The van der Waals surface area contributed by atoms with E-state index in [1.165, 1.54) is 34.1 Å². The highest BCUT2D eigenvalue weighted by molar-refractivity contribution is 6.46. The van der Waals surface area contributed by atoms with E-state index >= 15 is 0 Å². The van der Waals surface area contributed by atoms with E-state index < -0.39 is 23.5 Å². The molecular weight excluding hydrogens is 403 g/mol. The third-order valence-corrected chi connectivity index (χ3v) is 5.82. The molecule has 0 spiro atoms. The van der Waals surface area contributed by atoms with Gasteiger partial charge in [-0.25, -0.2) is 4.39 Å². The number of nitrogens with zero attached hydrogens (tertiary/aromatic N) is 1. The summed E-state index contributed by atoms with van der Waals surface area (Å²) in [6.07, 6.45) is 0.704. The molecule has 8 heteroatoms. The van der Waals surface area contributed by atoms with E-state index in [-0.39, 0.29) is 16.9 Å². The molecule has 2 aliphatic heterocycles. The molecule has 2 aliphatic rings. The average molecular weight is 429 g/mol. The fraction of sp³-hybridized carbons (Fsp3) is 0.391. The highest BCUT2D eigenvalue weighted by atomic mass is 19.1. The summed E-state index contributed by atoms with van der Waals surface area (Å²) < 4.78 is 24.4. The molecule has 31 heavy (non-hydrogen) atoms. The van der Waals surface area contributed by atoms with Crippen molar-refractivity contribution in [2.45, 2.75) is 19.4 Å². The Morgan fingerprint density at radius 1 is 1.16 bits per heavy atom. The minimum absolute atomic E-state index is 0.0373. The number of rotatable bonds is 6. The molecule has 0 saturated carbocycles. The van der Waals surface area contributed by atoms with Crippen molar-refractivity contribution >= 4 is 17.4 Å². The summed E-state index contributed by atoms with van der Waals surface area (Å²) in [5.74, 6) is -1.17. The number of Topliss-reactive ketones (excluding diaryl/α,β-unsaturated/α-hetero) is 1. The molecule has 1 aromatic heterocycles. The second-order valence-electron chi connectivity index (χ2n) is 7.91. The summed E-state index contributed by atoms with van der Waals surface area (Å²) in [6, 6.07) is 7.80. The predicted octanol–water partition coefficient (Wildman–Crippen LogP) is 1.45. The SMILES string of the molecule is Cc1ccc(C2C(=C(O)c3ccc(F)cc3)C(=O)C(=O)N2CCC[NH+]2CCOCC2)o1. The number of nitrogens with one attached hydrogen (secondary N) is 1. The highest BCUT2D eigenvalue weighted by Crippen LogP contribution is 2.40. The Morgan fingerprint density at radius 2 is 1.87 bits per heavy atom. The number of benzene rings is 1. The third-order valence-electron chi connectivity index (χ3n) is 5.82. The minimum atomic E-state index is -0.821. The number of ketones is 1. The normalized spacial score (nSPS) is 21.7. The summed E-state index contributed by atoms with van der Waals surface area (Å²) >= 11 is 0. The Kier molecular flexibility index (Phi) is 6.20. The van der Waals surface area contributed by atoms with E-state index in [4.69, 9.17) is 9.15 Å². The molecule has 2 saturated heterocycles. The van der Waals surface area contributed by atoms with Crippen LogP contribution in [-0.4, -0.2) is 61.1 Å². The van der Waals surface area contributed by atoms with Crippen molar-refractivity contribution in [2.24, 2.45) is 0 Å². The van der Waals surface area contributed by atoms with Gasteiger partial charge in [-0.2, -0.15) is 0 Å². The molecule has 2 aromatic rings. The van der Waals surface area contributed by atoms with E-state index in [1.807, 2.05) is 0 Å². The van der Waals surface area contributed by atoms with Gasteiger partial charge in [0.25, 0.3) is 11.7 Å². The molecule has 3 heterocycles. The fourth-order valence-corrected chi connectivity index (χ4v) is 4.18. The van der Waals surface area contributed by atoms with E-state index in [0.717, 1.165) is 32.8 Å². The number of carbonyl (C=O) groups is 2. The van der Waals surface area contributed by atoms with Crippen LogP contribution in [0, 0.1) is 12.7 Å². The van der Waals surface area contributed by atoms with Crippen LogP contribution in [0.15, 0.2) is 46.4 Å². The summed E-state index contributed by atoms with van der Waals surface area (Å²) in [7, 11) is 0. The van der Waals surface area contributed by atoms with Gasteiger partial charge in [0.1, 0.15) is 42.2 Å². The number of furan rings is 1. The largest absolute Gasteiger partial charge is 0.507 e. The van der Waals surface area contributed by atoms with Crippen LogP contribution in [0.25, 0.3) is 5.76 Å². The van der Waals surface area contributed by atoms with Gasteiger partial charge in [-0.1, -0.05) is 0 Å². The molecule has 1 unspecified atom stereocenters. The maximum atomic E-state index is 13.3. The maximum absolute atomic E-state index is 13.3. The van der Waals surface area contributed by atoms with Crippen molar-refractivity contribution < 1.29 is 33.1 Å². The van der Waals surface area contributed by atoms with Crippen molar-refractivity contribution in [3.05, 3.63) is 64.9 Å². The molecule has 0 aliphatic carbocycles. The molecule has 7 nitrogen and oxygen atoms in total. The fourth-order valence-electron chi connectivity index (χ4n) is 4.18. The molecule has 0 bridgehead atoms. The van der Waals surface area contributed by atoms with E-state index in [0.29, 0.717) is 24.5 Å². The van der Waals surface area contributed by atoms with Crippen LogP contribution < -0.4 is 4.90 Å². The van der Waals surface area contributed by atoms with Gasteiger partial charge in [-0.15, -0.1) is 0 Å². The number of amides is 1. The predicted molar refractivity (Wildman–Crippen MR) is 110 cm³/mol. The number of aryl methyl sites for hydroxylation is 1. The van der Waals surface area contributed by atoms with E-state index in [1.54, 1.807) is 19.1 Å². The van der Waals surface area contributed by atoms with Gasteiger partial charge in [0.15, 0.2) is 0 Å². The first-order valence-electron chi connectivity index (χ1n) is 10.5. The Balaban J connectivity index is 1.64. The van der Waals surface area contributed by atoms with Crippen LogP contribution in [-0.2, 0) is 14.3 Å². The van der Waals surface area contributed by atoms with Crippen LogP contribution in [0.4, 0.5) is 4.39 Å². The molecule has 1 aromatic carbocycles. The molecule has 0 radical (unpaired) electrons. The lowest BCUT2D eigenvalue weighted by Crippen LogP contribution is -3.14. The van der Waals surface area contributed by atoms with Crippen molar-refractivity contribution in [1.29, 1.82) is 0 Å². The van der Waals surface area contributed by atoms with Crippen molar-refractivity contribution in [1.82, 2.24) is 4.90 Å². The smallest absolute Gasteiger partial charge is 0.295 e. The first kappa shape index (κ1) is 21.3. The Morgan fingerprint density at radius 3 is 2.52 bits per heavy atom. The van der Waals surface area contributed by atoms with Gasteiger partial charge in [-0.05, 0) is 43.3 Å². The number of likely N-dealkylation sites (tertiary alicyclic amines) is 1. The summed E-state index contributed by atoms with van der Waals surface area (Å²) in [6.45, 7) is 6.28. The highest BCUT2D eigenvalue weighted by Gasteiger charge is 2.47. The van der Waals surface area contributed by atoms with Gasteiger partial charge in [0.2, 0.25) is 0 Å². The number of aliphatic hydroxyl groups is 1. The van der Waals surface area contributed by atoms with Crippen molar-refractivity contribution in [3.63, 3.8) is 0 Å². The maximum Gasteiger partial charge on any atom is 0.295 e. The quantitative estimate of drug-likeness (QED) is 0.413. The number of halogens is 1. The number of ether oxygens (including phenoxy) is 1. The van der Waals surface area contributed by atoms with Crippen molar-refractivity contribution in [3.8, 4) is 0 Å². The van der Waals surface area contributed by atoms with E-state index in [9.17, 15) is 19.1 Å². The van der Waals surface area contributed by atoms with Gasteiger partial charge in [-0.3, -0.25) is 9.59 Å². The summed E-state index contributed by atoms with van der Waals surface area (Å²) in [4.78, 5) is 28.7. The van der Waals surface area contributed by atoms with Crippen LogP contribution in [0.5, 0.6) is 0 Å². The monoisotopic (exact) mass is 429 g/mol. The number of hydrogen-bond acceptors (Lipinski definition) is 5. The Bertz CT molecular complexity index is 992.